The highest BCUT2D eigenvalue weighted by atomic mass is 32.2. The molecule has 2 atom stereocenters. The van der Waals surface area contributed by atoms with Crippen molar-refractivity contribution in [2.24, 2.45) is 0 Å². The van der Waals surface area contributed by atoms with Crippen LogP contribution in [0.15, 0.2) is 6.20 Å². The van der Waals surface area contributed by atoms with Gasteiger partial charge >= 0.3 is 0 Å². The van der Waals surface area contributed by atoms with Gasteiger partial charge in [0.2, 0.25) is 0 Å². The molecule has 1 N–H and O–H groups in total. The molecule has 1 saturated heterocycles. The van der Waals surface area contributed by atoms with Crippen LogP contribution in [0, 0.1) is 0 Å². The number of aliphatic hydroxyl groups excluding tert-OH is 1. The van der Waals surface area contributed by atoms with E-state index in [2.05, 4.69) is 21.3 Å². The van der Waals surface area contributed by atoms with E-state index in [9.17, 15) is 5.11 Å². The Morgan fingerprint density at radius 1 is 1.41 bits per heavy atom. The number of hydrogen-bond donors (Lipinski definition) is 1. The molecule has 0 aromatic carbocycles. The number of aromatic nitrogens is 2. The molecule has 2 aliphatic rings. The zero-order chi connectivity index (χ0) is 11.7. The SMILES string of the molecule is OCC1CCCc2cnc(CC3CCCS3)n21. The number of imidazole rings is 1. The van der Waals surface area contributed by atoms with Crippen molar-refractivity contribution in [3.05, 3.63) is 17.7 Å². The fraction of sp³-hybridized carbons (Fsp3) is 0.769. The summed E-state index contributed by atoms with van der Waals surface area (Å²) in [6.45, 7) is 0.258. The van der Waals surface area contributed by atoms with E-state index in [1.54, 1.807) is 0 Å². The molecule has 2 unspecified atom stereocenters. The lowest BCUT2D eigenvalue weighted by molar-refractivity contribution is 0.204. The molecular formula is C13H20N2OS. The molecule has 0 spiro atoms. The monoisotopic (exact) mass is 252 g/mol. The first-order chi connectivity index (χ1) is 8.38. The highest BCUT2D eigenvalue weighted by molar-refractivity contribution is 8.00. The summed E-state index contributed by atoms with van der Waals surface area (Å²) in [5.74, 6) is 2.51. The van der Waals surface area contributed by atoms with E-state index in [1.165, 1.54) is 36.5 Å². The normalized spacial score (nSPS) is 28.3. The van der Waals surface area contributed by atoms with Gasteiger partial charge in [0.15, 0.2) is 0 Å². The van der Waals surface area contributed by atoms with Gasteiger partial charge in [-0.2, -0.15) is 11.8 Å². The fourth-order valence-corrected chi connectivity index (χ4v) is 4.32. The fourth-order valence-electron chi connectivity index (χ4n) is 3.05. The number of rotatable bonds is 3. The maximum atomic E-state index is 9.49. The van der Waals surface area contributed by atoms with Crippen molar-refractivity contribution in [1.29, 1.82) is 0 Å². The highest BCUT2D eigenvalue weighted by Gasteiger charge is 2.25. The third-order valence-corrected chi connectivity index (χ3v) is 5.33. The Bertz CT molecular complexity index is 385. The molecule has 0 amide bonds. The lowest BCUT2D eigenvalue weighted by atomic mass is 10.0. The Morgan fingerprint density at radius 3 is 3.12 bits per heavy atom. The van der Waals surface area contributed by atoms with Gasteiger partial charge in [-0.1, -0.05) is 0 Å². The maximum absolute atomic E-state index is 9.49. The van der Waals surface area contributed by atoms with Gasteiger partial charge in [0.05, 0.1) is 12.6 Å². The summed E-state index contributed by atoms with van der Waals surface area (Å²) >= 11 is 2.08. The van der Waals surface area contributed by atoms with Crippen molar-refractivity contribution in [1.82, 2.24) is 9.55 Å². The van der Waals surface area contributed by atoms with Gasteiger partial charge in [0.25, 0.3) is 0 Å². The van der Waals surface area contributed by atoms with Crippen LogP contribution in [0.25, 0.3) is 0 Å². The standard InChI is InChI=1S/C13H20N2OS/c16-9-11-4-1-3-10-8-14-13(15(10)11)7-12-5-2-6-17-12/h8,11-12,16H,1-7,9H2. The van der Waals surface area contributed by atoms with Crippen LogP contribution < -0.4 is 0 Å². The lowest BCUT2D eigenvalue weighted by Crippen LogP contribution is -2.23. The molecule has 4 heteroatoms. The predicted octanol–water partition coefficient (Wildman–Crippen LogP) is 2.19. The van der Waals surface area contributed by atoms with Crippen molar-refractivity contribution in [2.75, 3.05) is 12.4 Å². The average molecular weight is 252 g/mol. The molecule has 0 radical (unpaired) electrons. The van der Waals surface area contributed by atoms with Gasteiger partial charge in [-0.3, -0.25) is 0 Å². The minimum Gasteiger partial charge on any atom is -0.394 e. The van der Waals surface area contributed by atoms with E-state index in [0.29, 0.717) is 0 Å². The molecule has 1 aromatic heterocycles. The number of hydrogen-bond acceptors (Lipinski definition) is 3. The average Bonchev–Trinajstić information content (AvgIpc) is 2.99. The highest BCUT2D eigenvalue weighted by Crippen LogP contribution is 2.32. The third-order valence-electron chi connectivity index (χ3n) is 3.93. The summed E-state index contributed by atoms with van der Waals surface area (Å²) < 4.78 is 2.32. The molecule has 3 rings (SSSR count). The lowest BCUT2D eigenvalue weighted by Gasteiger charge is -2.26. The van der Waals surface area contributed by atoms with E-state index in [4.69, 9.17) is 0 Å². The molecule has 3 nitrogen and oxygen atoms in total. The number of aryl methyl sites for hydroxylation is 1. The summed E-state index contributed by atoms with van der Waals surface area (Å²) in [4.78, 5) is 4.60. The van der Waals surface area contributed by atoms with E-state index in [1.807, 2.05) is 6.20 Å². The summed E-state index contributed by atoms with van der Waals surface area (Å²) in [5, 5.41) is 10.2. The zero-order valence-electron chi connectivity index (χ0n) is 10.1. The molecule has 3 heterocycles. The summed E-state index contributed by atoms with van der Waals surface area (Å²) in [6, 6.07) is 0.280. The van der Waals surface area contributed by atoms with Crippen molar-refractivity contribution >= 4 is 11.8 Å². The Labute approximate surface area is 107 Å². The van der Waals surface area contributed by atoms with Crippen molar-refractivity contribution in [2.45, 2.75) is 49.8 Å². The molecule has 2 aliphatic heterocycles. The van der Waals surface area contributed by atoms with Crippen LogP contribution in [-0.2, 0) is 12.8 Å². The van der Waals surface area contributed by atoms with Crippen LogP contribution in [-0.4, -0.2) is 32.3 Å². The quantitative estimate of drug-likeness (QED) is 0.896. The molecule has 94 valence electrons. The molecule has 1 fully saturated rings. The van der Waals surface area contributed by atoms with Gasteiger partial charge < -0.3 is 9.67 Å². The molecule has 1 aromatic rings. The minimum atomic E-state index is 0.258. The molecule has 0 saturated carbocycles. The van der Waals surface area contributed by atoms with Gasteiger partial charge in [0, 0.05) is 23.6 Å². The molecule has 17 heavy (non-hydrogen) atoms. The minimum absolute atomic E-state index is 0.258. The number of nitrogens with zero attached hydrogens (tertiary/aromatic N) is 2. The van der Waals surface area contributed by atoms with E-state index >= 15 is 0 Å². The van der Waals surface area contributed by atoms with Gasteiger partial charge in [-0.15, -0.1) is 0 Å². The second-order valence-electron chi connectivity index (χ2n) is 5.10. The Balaban J connectivity index is 1.82. The van der Waals surface area contributed by atoms with Crippen LogP contribution in [0.1, 0.15) is 43.2 Å². The molecule has 0 aliphatic carbocycles. The van der Waals surface area contributed by atoms with Gasteiger partial charge in [-0.25, -0.2) is 4.98 Å². The van der Waals surface area contributed by atoms with Crippen LogP contribution in [0.5, 0.6) is 0 Å². The van der Waals surface area contributed by atoms with Crippen LogP contribution in [0.2, 0.25) is 0 Å². The molecular weight excluding hydrogens is 232 g/mol. The first kappa shape index (κ1) is 11.6. The van der Waals surface area contributed by atoms with Crippen LogP contribution in [0.3, 0.4) is 0 Å². The first-order valence-corrected chi connectivity index (χ1v) is 7.71. The summed E-state index contributed by atoms with van der Waals surface area (Å²) in [7, 11) is 0. The summed E-state index contributed by atoms with van der Waals surface area (Å²) in [6.07, 6.45) is 9.21. The van der Waals surface area contributed by atoms with Crippen LogP contribution >= 0.6 is 11.8 Å². The number of fused-ring (bicyclic) bond motifs is 1. The van der Waals surface area contributed by atoms with Crippen molar-refractivity contribution in [3.63, 3.8) is 0 Å². The molecule has 0 bridgehead atoms. The number of thioether (sulfide) groups is 1. The second-order valence-corrected chi connectivity index (χ2v) is 6.51. The van der Waals surface area contributed by atoms with E-state index < -0.39 is 0 Å². The van der Waals surface area contributed by atoms with E-state index in [-0.39, 0.29) is 12.6 Å². The maximum Gasteiger partial charge on any atom is 0.110 e. The largest absolute Gasteiger partial charge is 0.394 e. The van der Waals surface area contributed by atoms with Gasteiger partial charge in [0.1, 0.15) is 5.82 Å². The Hall–Kier alpha value is -0.480. The van der Waals surface area contributed by atoms with Gasteiger partial charge in [-0.05, 0) is 37.9 Å². The van der Waals surface area contributed by atoms with Crippen LogP contribution in [0.4, 0.5) is 0 Å². The van der Waals surface area contributed by atoms with Crippen molar-refractivity contribution < 1.29 is 5.11 Å². The Kier molecular flexibility index (Phi) is 3.43. The smallest absolute Gasteiger partial charge is 0.110 e. The Morgan fingerprint density at radius 2 is 2.35 bits per heavy atom. The second kappa shape index (κ2) is 5.02. The topological polar surface area (TPSA) is 38.1 Å². The van der Waals surface area contributed by atoms with Crippen molar-refractivity contribution in [3.8, 4) is 0 Å². The first-order valence-electron chi connectivity index (χ1n) is 6.66. The van der Waals surface area contributed by atoms with E-state index in [0.717, 1.165) is 24.5 Å². The zero-order valence-corrected chi connectivity index (χ0v) is 11.0. The number of aliphatic hydroxyl groups is 1. The third kappa shape index (κ3) is 2.25. The predicted molar refractivity (Wildman–Crippen MR) is 70.5 cm³/mol. The summed E-state index contributed by atoms with van der Waals surface area (Å²) in [5.41, 5.74) is 1.33.